The third kappa shape index (κ3) is 3.06. The number of aliphatic carboxylic acids is 1. The minimum Gasteiger partial charge on any atom is -0.481 e. The maximum absolute atomic E-state index is 12.6. The minimum absolute atomic E-state index is 0.00185. The summed E-state index contributed by atoms with van der Waals surface area (Å²) in [6.45, 7) is 9.70. The van der Waals surface area contributed by atoms with Crippen molar-refractivity contribution in [2.45, 2.75) is 39.4 Å². The van der Waals surface area contributed by atoms with Crippen molar-refractivity contribution in [2.24, 2.45) is 11.8 Å². The van der Waals surface area contributed by atoms with Gasteiger partial charge in [0, 0.05) is 19.6 Å². The van der Waals surface area contributed by atoms with Crippen LogP contribution in [0.5, 0.6) is 0 Å². The second-order valence-electron chi connectivity index (χ2n) is 6.68. The largest absolute Gasteiger partial charge is 0.481 e. The van der Waals surface area contributed by atoms with Gasteiger partial charge in [0.1, 0.15) is 0 Å². The van der Waals surface area contributed by atoms with Gasteiger partial charge in [-0.3, -0.25) is 4.79 Å². The molecule has 0 aromatic carbocycles. The van der Waals surface area contributed by atoms with E-state index < -0.39 is 11.9 Å². The van der Waals surface area contributed by atoms with E-state index >= 15 is 0 Å². The molecule has 0 saturated carbocycles. The summed E-state index contributed by atoms with van der Waals surface area (Å²) >= 11 is 0. The minimum atomic E-state index is -0.816. The number of carbonyl (C=O) groups excluding carboxylic acids is 1. The highest BCUT2D eigenvalue weighted by molar-refractivity contribution is 5.78. The molecule has 0 aromatic rings. The van der Waals surface area contributed by atoms with Crippen LogP contribution in [0.2, 0.25) is 0 Å². The Hall–Kier alpha value is -1.30. The van der Waals surface area contributed by atoms with Gasteiger partial charge >= 0.3 is 12.0 Å². The van der Waals surface area contributed by atoms with Gasteiger partial charge in [-0.15, -0.1) is 0 Å². The van der Waals surface area contributed by atoms with Crippen LogP contribution < -0.4 is 0 Å². The predicted octanol–water partition coefficient (Wildman–Crippen LogP) is 1.26. The second-order valence-corrected chi connectivity index (χ2v) is 6.68. The molecule has 2 aliphatic rings. The zero-order chi connectivity index (χ0) is 15.1. The van der Waals surface area contributed by atoms with Gasteiger partial charge in [0.15, 0.2) is 0 Å². The van der Waals surface area contributed by atoms with Gasteiger partial charge in [-0.1, -0.05) is 6.92 Å². The van der Waals surface area contributed by atoms with E-state index in [1.54, 1.807) is 9.80 Å². The number of hydrogen-bond acceptors (Lipinski definition) is 3. The monoisotopic (exact) mass is 284 g/mol. The number of morpholine rings is 1. The topological polar surface area (TPSA) is 70.1 Å². The molecule has 0 bridgehead atoms. The number of carbonyl (C=O) groups is 2. The third-order valence-electron chi connectivity index (χ3n) is 4.04. The fourth-order valence-corrected chi connectivity index (χ4v) is 3.24. The van der Waals surface area contributed by atoms with Crippen molar-refractivity contribution in [3.63, 3.8) is 0 Å². The van der Waals surface area contributed by atoms with Gasteiger partial charge in [-0.05, 0) is 26.7 Å². The molecular weight excluding hydrogens is 260 g/mol. The van der Waals surface area contributed by atoms with Crippen molar-refractivity contribution in [1.82, 2.24) is 9.80 Å². The first-order valence-electron chi connectivity index (χ1n) is 7.14. The zero-order valence-corrected chi connectivity index (χ0v) is 12.6. The normalized spacial score (nSPS) is 33.3. The summed E-state index contributed by atoms with van der Waals surface area (Å²) in [5, 5.41) is 9.15. The van der Waals surface area contributed by atoms with E-state index in [9.17, 15) is 9.59 Å². The average Bonchev–Trinajstić information content (AvgIpc) is 2.67. The number of carboxylic acids is 1. The Kier molecular flexibility index (Phi) is 3.95. The van der Waals surface area contributed by atoms with E-state index in [0.29, 0.717) is 26.2 Å². The molecule has 2 heterocycles. The molecule has 0 radical (unpaired) electrons. The molecule has 114 valence electrons. The molecular formula is C14H24N2O4. The lowest BCUT2D eigenvalue weighted by atomic mass is 9.99. The predicted molar refractivity (Wildman–Crippen MR) is 73.5 cm³/mol. The van der Waals surface area contributed by atoms with E-state index in [1.165, 1.54) is 0 Å². The molecule has 6 nitrogen and oxygen atoms in total. The highest BCUT2D eigenvalue weighted by atomic mass is 16.5. The second kappa shape index (κ2) is 5.24. The molecule has 2 fully saturated rings. The number of nitrogens with zero attached hydrogens (tertiary/aromatic N) is 2. The highest BCUT2D eigenvalue weighted by Gasteiger charge is 2.41. The van der Waals surface area contributed by atoms with Crippen molar-refractivity contribution in [3.05, 3.63) is 0 Å². The van der Waals surface area contributed by atoms with Crippen molar-refractivity contribution < 1.29 is 19.4 Å². The van der Waals surface area contributed by atoms with Crippen molar-refractivity contribution >= 4 is 12.0 Å². The molecule has 6 heteroatoms. The highest BCUT2D eigenvalue weighted by Crippen LogP contribution is 2.27. The summed E-state index contributed by atoms with van der Waals surface area (Å²) in [7, 11) is 0. The number of likely N-dealkylation sites (tertiary alicyclic amines) is 1. The summed E-state index contributed by atoms with van der Waals surface area (Å²) in [5.74, 6) is -1.27. The van der Waals surface area contributed by atoms with Gasteiger partial charge in [0.05, 0.1) is 24.2 Å². The Morgan fingerprint density at radius 1 is 1.15 bits per heavy atom. The molecule has 2 rings (SSSR count). The van der Waals surface area contributed by atoms with Crippen molar-refractivity contribution in [1.29, 1.82) is 0 Å². The molecule has 2 amide bonds. The van der Waals surface area contributed by atoms with Crippen LogP contribution in [0, 0.1) is 11.8 Å². The maximum Gasteiger partial charge on any atom is 0.320 e. The van der Waals surface area contributed by atoms with Crippen molar-refractivity contribution in [2.75, 3.05) is 26.2 Å². The number of urea groups is 1. The van der Waals surface area contributed by atoms with Crippen LogP contribution in [-0.4, -0.2) is 64.8 Å². The van der Waals surface area contributed by atoms with Crippen LogP contribution >= 0.6 is 0 Å². The Morgan fingerprint density at radius 2 is 1.80 bits per heavy atom. The number of carboxylic acid groups (broad SMARTS) is 1. The average molecular weight is 284 g/mol. The lowest BCUT2D eigenvalue weighted by Gasteiger charge is -2.42. The molecule has 0 spiro atoms. The van der Waals surface area contributed by atoms with Crippen LogP contribution in [0.25, 0.3) is 0 Å². The van der Waals surface area contributed by atoms with Gasteiger partial charge in [0.2, 0.25) is 0 Å². The summed E-state index contributed by atoms with van der Waals surface area (Å²) in [4.78, 5) is 27.1. The number of hydrogen-bond donors (Lipinski definition) is 1. The van der Waals surface area contributed by atoms with Crippen LogP contribution in [0.4, 0.5) is 4.79 Å². The Labute approximate surface area is 119 Å². The van der Waals surface area contributed by atoms with E-state index in [4.69, 9.17) is 9.84 Å². The van der Waals surface area contributed by atoms with Crippen LogP contribution in [-0.2, 0) is 9.53 Å². The van der Waals surface area contributed by atoms with Crippen LogP contribution in [0.3, 0.4) is 0 Å². The lowest BCUT2D eigenvalue weighted by Crippen LogP contribution is -2.56. The number of amides is 2. The van der Waals surface area contributed by atoms with Gasteiger partial charge in [0.25, 0.3) is 0 Å². The first-order valence-corrected chi connectivity index (χ1v) is 7.14. The summed E-state index contributed by atoms with van der Waals surface area (Å²) in [6.07, 6.45) is -0.00185. The van der Waals surface area contributed by atoms with E-state index in [2.05, 4.69) is 0 Å². The number of rotatable bonds is 1. The number of ether oxygens (including phenoxy) is 1. The fourth-order valence-electron chi connectivity index (χ4n) is 3.24. The fraction of sp³-hybridized carbons (Fsp3) is 0.857. The van der Waals surface area contributed by atoms with E-state index in [1.807, 2.05) is 27.7 Å². The van der Waals surface area contributed by atoms with Crippen molar-refractivity contribution in [3.8, 4) is 0 Å². The first-order chi connectivity index (χ1) is 9.19. The first kappa shape index (κ1) is 15.1. The van der Waals surface area contributed by atoms with Gasteiger partial charge in [-0.25, -0.2) is 4.79 Å². The SMILES string of the molecule is CC1CN(C(=O)N2C[C@@H](C)[C@H](C(=O)O)C2)CC(C)(C)O1. The Morgan fingerprint density at radius 3 is 2.30 bits per heavy atom. The summed E-state index contributed by atoms with van der Waals surface area (Å²) in [5.41, 5.74) is -0.356. The van der Waals surface area contributed by atoms with E-state index in [0.717, 1.165) is 0 Å². The third-order valence-corrected chi connectivity index (χ3v) is 4.04. The van der Waals surface area contributed by atoms with Crippen LogP contribution in [0.1, 0.15) is 27.7 Å². The molecule has 0 aliphatic carbocycles. The molecule has 20 heavy (non-hydrogen) atoms. The van der Waals surface area contributed by atoms with Gasteiger partial charge < -0.3 is 19.6 Å². The molecule has 3 atom stereocenters. The molecule has 0 aromatic heterocycles. The van der Waals surface area contributed by atoms with E-state index in [-0.39, 0.29) is 23.7 Å². The molecule has 2 saturated heterocycles. The molecule has 2 aliphatic heterocycles. The van der Waals surface area contributed by atoms with Gasteiger partial charge in [-0.2, -0.15) is 0 Å². The Balaban J connectivity index is 2.03. The standard InChI is InChI=1S/C14H24N2O4/c1-9-5-15(7-11(9)12(17)18)13(19)16-6-10(2)20-14(3,4)8-16/h9-11H,5-8H2,1-4H3,(H,17,18)/t9-,10?,11-/m1/s1. The quantitative estimate of drug-likeness (QED) is 0.787. The van der Waals surface area contributed by atoms with Crippen LogP contribution in [0.15, 0.2) is 0 Å². The molecule has 1 unspecified atom stereocenters. The zero-order valence-electron chi connectivity index (χ0n) is 12.6. The molecule has 1 N–H and O–H groups in total. The summed E-state index contributed by atoms with van der Waals surface area (Å²) in [6, 6.07) is -0.0659. The maximum atomic E-state index is 12.6. The smallest absolute Gasteiger partial charge is 0.320 e. The Bertz CT molecular complexity index is 410. The lowest BCUT2D eigenvalue weighted by molar-refractivity contribution is -0.142. The summed E-state index contributed by atoms with van der Waals surface area (Å²) < 4.78 is 5.79.